The van der Waals surface area contributed by atoms with Crippen LogP contribution in [0.4, 0.5) is 9.59 Å². The molecule has 2 aromatic rings. The van der Waals surface area contributed by atoms with Gasteiger partial charge in [0.1, 0.15) is 17.1 Å². The second-order valence-corrected chi connectivity index (χ2v) is 15.0. The Bertz CT molecular complexity index is 1630. The Morgan fingerprint density at radius 1 is 0.698 bits per heavy atom. The molecule has 0 saturated carbocycles. The lowest BCUT2D eigenvalue weighted by molar-refractivity contribution is 0.0385. The van der Waals surface area contributed by atoms with Crippen LogP contribution in [0.3, 0.4) is 0 Å². The first-order valence-corrected chi connectivity index (χ1v) is 19.3. The molecule has 1 aromatic heterocycles. The molecule has 290 valence electrons. The van der Waals surface area contributed by atoms with Crippen LogP contribution in [0.2, 0.25) is 0 Å². The summed E-state index contributed by atoms with van der Waals surface area (Å²) in [6, 6.07) is 7.25. The second-order valence-electron chi connectivity index (χ2n) is 15.0. The van der Waals surface area contributed by atoms with Crippen molar-refractivity contribution in [2.45, 2.75) is 95.3 Å². The molecule has 5 heterocycles. The first kappa shape index (κ1) is 38.4. The lowest BCUT2D eigenvalue weighted by Crippen LogP contribution is -2.50. The third kappa shape index (κ3) is 7.84. The van der Waals surface area contributed by atoms with E-state index < -0.39 is 18.2 Å². The molecular weight excluding hydrogens is 680 g/mol. The van der Waals surface area contributed by atoms with Crippen molar-refractivity contribution in [1.29, 1.82) is 0 Å². The minimum Gasteiger partial charge on any atom is -0.497 e. The molecule has 2 N–H and O–H groups in total. The third-order valence-electron chi connectivity index (χ3n) is 11.8. The van der Waals surface area contributed by atoms with E-state index in [0.29, 0.717) is 74.7 Å². The zero-order valence-corrected chi connectivity index (χ0v) is 31.7. The Morgan fingerprint density at radius 2 is 1.17 bits per heavy atom. The number of esters is 1. The standard InChI is InChI=1S/C39H56N6O8/c1-5-53-37(47)35-33(31-11-7-9-21-44(31)27-18-24-42(25-19-27)39(50)51)32(30-10-6-8-20-43(30)26-16-22-41(23-17-26)38(48)49)34(36(46)40(2)3)45(35)28-12-14-29(52-4)15-13-28/h12-15,26-27,30-31H,5-11,16-25H2,1-4H3,(H,48,49)(H,50,51). The van der Waals surface area contributed by atoms with Gasteiger partial charge in [-0.2, -0.15) is 0 Å². The van der Waals surface area contributed by atoms with Gasteiger partial charge in [-0.05, 0) is 95.6 Å². The average Bonchev–Trinajstić information content (AvgIpc) is 3.53. The molecule has 2 unspecified atom stereocenters. The van der Waals surface area contributed by atoms with Gasteiger partial charge in [0, 0.05) is 81.3 Å². The Morgan fingerprint density at radius 3 is 1.58 bits per heavy atom. The molecule has 0 radical (unpaired) electrons. The van der Waals surface area contributed by atoms with E-state index in [9.17, 15) is 29.4 Å². The molecule has 4 aliphatic heterocycles. The van der Waals surface area contributed by atoms with Gasteiger partial charge in [0.25, 0.3) is 5.91 Å². The van der Waals surface area contributed by atoms with E-state index >= 15 is 0 Å². The maximum Gasteiger partial charge on any atom is 0.407 e. The minimum absolute atomic E-state index is 0.110. The second kappa shape index (κ2) is 16.8. The number of hydrogen-bond acceptors (Lipinski definition) is 8. The van der Waals surface area contributed by atoms with E-state index in [0.717, 1.165) is 62.7 Å². The molecule has 3 amide bonds. The zero-order chi connectivity index (χ0) is 37.8. The molecule has 2 atom stereocenters. The van der Waals surface area contributed by atoms with Crippen molar-refractivity contribution in [3.05, 3.63) is 46.8 Å². The molecule has 0 aliphatic carbocycles. The molecule has 0 spiro atoms. The number of carbonyl (C=O) groups excluding carboxylic acids is 2. The van der Waals surface area contributed by atoms with Gasteiger partial charge in [-0.3, -0.25) is 19.2 Å². The number of ether oxygens (including phenoxy) is 2. The Hall–Kier alpha value is -4.30. The van der Waals surface area contributed by atoms with E-state index in [1.54, 1.807) is 33.0 Å². The normalized spacial score (nSPS) is 22.4. The smallest absolute Gasteiger partial charge is 0.407 e. The van der Waals surface area contributed by atoms with Gasteiger partial charge in [0.15, 0.2) is 0 Å². The highest BCUT2D eigenvalue weighted by molar-refractivity contribution is 6.00. The van der Waals surface area contributed by atoms with Crippen LogP contribution in [-0.2, 0) is 4.74 Å². The Labute approximate surface area is 312 Å². The summed E-state index contributed by atoms with van der Waals surface area (Å²) in [5.74, 6) is -0.0477. The molecule has 0 bridgehead atoms. The molecule has 53 heavy (non-hydrogen) atoms. The summed E-state index contributed by atoms with van der Waals surface area (Å²) in [7, 11) is 5.08. The summed E-state index contributed by atoms with van der Waals surface area (Å²) >= 11 is 0. The summed E-state index contributed by atoms with van der Waals surface area (Å²) in [6.45, 7) is 5.36. The first-order chi connectivity index (χ1) is 25.5. The SMILES string of the molecule is CCOC(=O)c1c(C2CCCCN2C2CCN(C(=O)O)CC2)c(C2CCCCN2C2CCN(C(=O)O)CC2)c(C(=O)N(C)C)n1-c1ccc(OC)cc1. The van der Waals surface area contributed by atoms with Crippen LogP contribution in [0.1, 0.15) is 115 Å². The van der Waals surface area contributed by atoms with Gasteiger partial charge in [-0.25, -0.2) is 14.4 Å². The monoisotopic (exact) mass is 736 g/mol. The first-order valence-electron chi connectivity index (χ1n) is 19.3. The number of carbonyl (C=O) groups is 4. The summed E-state index contributed by atoms with van der Waals surface area (Å²) in [5, 5.41) is 19.4. The summed E-state index contributed by atoms with van der Waals surface area (Å²) in [4.78, 5) is 62.6. The molecule has 14 nitrogen and oxygen atoms in total. The van der Waals surface area contributed by atoms with Crippen LogP contribution in [0, 0.1) is 0 Å². The van der Waals surface area contributed by atoms with E-state index in [-0.39, 0.29) is 36.7 Å². The number of methoxy groups -OCH3 is 1. The summed E-state index contributed by atoms with van der Waals surface area (Å²) in [5.41, 5.74) is 3.17. The third-order valence-corrected chi connectivity index (χ3v) is 11.8. The molecule has 4 aliphatic rings. The average molecular weight is 737 g/mol. The van der Waals surface area contributed by atoms with Gasteiger partial charge in [0.05, 0.1) is 13.7 Å². The van der Waals surface area contributed by atoms with Crippen LogP contribution < -0.4 is 4.74 Å². The van der Waals surface area contributed by atoms with Crippen LogP contribution in [0.15, 0.2) is 24.3 Å². The fraction of sp³-hybridized carbons (Fsp3) is 0.641. The maximum atomic E-state index is 14.8. The molecule has 4 fully saturated rings. The van der Waals surface area contributed by atoms with Crippen molar-refractivity contribution >= 4 is 24.1 Å². The summed E-state index contributed by atoms with van der Waals surface area (Å²) < 4.78 is 13.2. The van der Waals surface area contributed by atoms with Crippen molar-refractivity contribution < 1.29 is 38.9 Å². The van der Waals surface area contributed by atoms with Crippen molar-refractivity contribution in [3.8, 4) is 11.4 Å². The predicted molar refractivity (Wildman–Crippen MR) is 198 cm³/mol. The quantitative estimate of drug-likeness (QED) is 0.307. The van der Waals surface area contributed by atoms with Crippen molar-refractivity contribution in [1.82, 2.24) is 29.1 Å². The Balaban J connectivity index is 1.59. The highest BCUT2D eigenvalue weighted by Gasteiger charge is 2.45. The van der Waals surface area contributed by atoms with Crippen molar-refractivity contribution in [3.63, 3.8) is 0 Å². The summed E-state index contributed by atoms with van der Waals surface area (Å²) in [6.07, 6.45) is 6.40. The number of hydrogen-bond donors (Lipinski definition) is 2. The molecule has 6 rings (SSSR count). The van der Waals surface area contributed by atoms with Gasteiger partial charge >= 0.3 is 18.2 Å². The van der Waals surface area contributed by atoms with E-state index in [1.165, 1.54) is 9.80 Å². The van der Waals surface area contributed by atoms with Gasteiger partial charge in [0.2, 0.25) is 0 Å². The van der Waals surface area contributed by atoms with Crippen LogP contribution in [0.5, 0.6) is 5.75 Å². The topological polar surface area (TPSA) is 148 Å². The lowest BCUT2D eigenvalue weighted by Gasteiger charge is -2.47. The number of likely N-dealkylation sites (tertiary alicyclic amines) is 4. The number of benzene rings is 1. The maximum absolute atomic E-state index is 14.8. The van der Waals surface area contributed by atoms with Crippen LogP contribution in [-0.4, -0.2) is 143 Å². The number of rotatable bonds is 9. The van der Waals surface area contributed by atoms with Crippen LogP contribution in [0.25, 0.3) is 5.69 Å². The fourth-order valence-corrected chi connectivity index (χ4v) is 9.27. The minimum atomic E-state index is -0.902. The van der Waals surface area contributed by atoms with Crippen molar-refractivity contribution in [2.75, 3.05) is 67.1 Å². The molecular formula is C39H56N6O8. The van der Waals surface area contributed by atoms with Crippen molar-refractivity contribution in [2.24, 2.45) is 0 Å². The number of nitrogens with zero attached hydrogens (tertiary/aromatic N) is 6. The molecule has 1 aromatic carbocycles. The molecule has 14 heteroatoms. The Kier molecular flexibility index (Phi) is 12.2. The highest BCUT2D eigenvalue weighted by Crippen LogP contribution is 2.48. The van der Waals surface area contributed by atoms with Gasteiger partial charge < -0.3 is 34.4 Å². The highest BCUT2D eigenvalue weighted by atomic mass is 16.5. The molecule has 4 saturated heterocycles. The largest absolute Gasteiger partial charge is 0.497 e. The zero-order valence-electron chi connectivity index (χ0n) is 31.7. The number of amides is 3. The predicted octanol–water partition coefficient (Wildman–Crippen LogP) is 5.70. The van der Waals surface area contributed by atoms with Crippen LogP contribution >= 0.6 is 0 Å². The van der Waals surface area contributed by atoms with Gasteiger partial charge in [-0.15, -0.1) is 0 Å². The lowest BCUT2D eigenvalue weighted by atomic mass is 9.83. The van der Waals surface area contributed by atoms with E-state index in [1.807, 2.05) is 28.8 Å². The van der Waals surface area contributed by atoms with E-state index in [2.05, 4.69) is 9.80 Å². The van der Waals surface area contributed by atoms with E-state index in [4.69, 9.17) is 9.47 Å². The number of carboxylic acid groups (broad SMARTS) is 2. The fourth-order valence-electron chi connectivity index (χ4n) is 9.27. The van der Waals surface area contributed by atoms with Gasteiger partial charge in [-0.1, -0.05) is 12.8 Å². The number of piperidine rings is 4. The number of aromatic nitrogens is 1.